The highest BCUT2D eigenvalue weighted by atomic mass is 127. The summed E-state index contributed by atoms with van der Waals surface area (Å²) in [5, 5.41) is 3.24. The molecule has 2 aromatic rings. The number of hydrogen-bond acceptors (Lipinski definition) is 5. The number of ether oxygens (including phenoxy) is 1. The van der Waals surface area contributed by atoms with Crippen LogP contribution in [0, 0.1) is 0 Å². The molecule has 0 aromatic heterocycles. The molecular weight excluding hydrogens is 511 g/mol. The quantitative estimate of drug-likeness (QED) is 0.282. The van der Waals surface area contributed by atoms with Gasteiger partial charge in [0.1, 0.15) is 5.25 Å². The van der Waals surface area contributed by atoms with Gasteiger partial charge in [0.15, 0.2) is 0 Å². The van der Waals surface area contributed by atoms with E-state index in [0.717, 1.165) is 12.1 Å². The van der Waals surface area contributed by atoms with Gasteiger partial charge in [-0.05, 0) is 68.9 Å². The number of halogens is 1. The number of anilines is 1. The summed E-state index contributed by atoms with van der Waals surface area (Å²) in [5.41, 5.74) is 6.24. The van der Waals surface area contributed by atoms with Crippen LogP contribution in [-0.2, 0) is 14.3 Å². The molecule has 1 heterocycles. The molecule has 1 N–H and O–H groups in total. The van der Waals surface area contributed by atoms with Crippen LogP contribution in [0.15, 0.2) is 42.5 Å². The van der Waals surface area contributed by atoms with Crippen LogP contribution in [0.25, 0.3) is 11.1 Å². The fraction of sp³-hybridized carbons (Fsp3) is 0.391. The smallest absolute Gasteiger partial charge is 0.243 e. The van der Waals surface area contributed by atoms with Crippen molar-refractivity contribution in [2.75, 3.05) is 31.6 Å². The Balaban J connectivity index is 1.39. The van der Waals surface area contributed by atoms with E-state index >= 15 is 0 Å². The summed E-state index contributed by atoms with van der Waals surface area (Å²) in [5.74, 6) is 0.150. The highest BCUT2D eigenvalue weighted by Crippen LogP contribution is 2.45. The van der Waals surface area contributed by atoms with E-state index in [2.05, 4.69) is 69.0 Å². The Morgan fingerprint density at radius 3 is 2.73 bits per heavy atom. The number of amides is 2. The van der Waals surface area contributed by atoms with Crippen molar-refractivity contribution < 1.29 is 14.3 Å². The minimum absolute atomic E-state index is 0.0477. The first-order valence-electron chi connectivity index (χ1n) is 10.3. The molecule has 0 bridgehead atoms. The fourth-order valence-electron chi connectivity index (χ4n) is 4.26. The number of imide groups is 1. The predicted molar refractivity (Wildman–Crippen MR) is 130 cm³/mol. The van der Waals surface area contributed by atoms with Gasteiger partial charge >= 0.3 is 0 Å². The number of nitrogens with one attached hydrogen (secondary N) is 1. The topological polar surface area (TPSA) is 58.6 Å². The lowest BCUT2D eigenvalue weighted by Gasteiger charge is -2.16. The van der Waals surface area contributed by atoms with Gasteiger partial charge in [-0.15, -0.1) is 0 Å². The lowest BCUT2D eigenvalue weighted by molar-refractivity contribution is -0.138. The molecule has 2 aromatic carbocycles. The highest BCUT2D eigenvalue weighted by Gasteiger charge is 2.38. The van der Waals surface area contributed by atoms with Crippen LogP contribution in [-0.4, -0.2) is 48.3 Å². The Bertz CT molecular complexity index is 952. The van der Waals surface area contributed by atoms with Crippen molar-refractivity contribution in [1.29, 1.82) is 0 Å². The molecule has 1 saturated heterocycles. The number of hydrogen-bond donors (Lipinski definition) is 1. The maximum atomic E-state index is 12.2. The Morgan fingerprint density at radius 2 is 1.97 bits per heavy atom. The molecule has 0 saturated carbocycles. The Kier molecular flexibility index (Phi) is 7.00. The van der Waals surface area contributed by atoms with Crippen LogP contribution >= 0.6 is 30.1 Å². The largest absolute Gasteiger partial charge is 0.385 e. The third-order valence-electron chi connectivity index (χ3n) is 5.74. The number of rotatable bonds is 9. The molecular formula is C23H25IN2O3S. The normalized spacial score (nSPS) is 19.9. The SMILES string of the molecule is CCOCC1c2ccccc2-c2ccc(NCCCN3C(=O)CC(SI)C3=O)cc21. The van der Waals surface area contributed by atoms with Crippen molar-refractivity contribution >= 4 is 47.6 Å². The first kappa shape index (κ1) is 21.6. The third kappa shape index (κ3) is 4.24. The molecule has 1 aliphatic carbocycles. The maximum absolute atomic E-state index is 12.2. The summed E-state index contributed by atoms with van der Waals surface area (Å²) in [7, 11) is 1.43. The van der Waals surface area contributed by atoms with Gasteiger partial charge in [0.05, 0.1) is 6.61 Å². The minimum Gasteiger partial charge on any atom is -0.385 e. The van der Waals surface area contributed by atoms with Crippen LogP contribution in [0.2, 0.25) is 0 Å². The van der Waals surface area contributed by atoms with Crippen molar-refractivity contribution in [3.05, 3.63) is 53.6 Å². The first-order valence-corrected chi connectivity index (χ1v) is 13.7. The van der Waals surface area contributed by atoms with Crippen molar-refractivity contribution in [3.63, 3.8) is 0 Å². The number of fused-ring (bicyclic) bond motifs is 3. The molecule has 2 amide bonds. The Morgan fingerprint density at radius 1 is 1.17 bits per heavy atom. The van der Waals surface area contributed by atoms with Gasteiger partial charge in [-0.3, -0.25) is 14.5 Å². The Hall–Kier alpha value is -1.58. The molecule has 2 aliphatic rings. The van der Waals surface area contributed by atoms with Gasteiger partial charge in [-0.1, -0.05) is 39.3 Å². The van der Waals surface area contributed by atoms with E-state index in [9.17, 15) is 9.59 Å². The standard InChI is InChI=1S/C23H25IN2O3S/c1-2-29-14-20-17-7-4-3-6-16(17)18-9-8-15(12-19(18)20)25-10-5-11-26-22(27)13-21(30-24)23(26)28/h3-4,6-9,12,20-21,25H,2,5,10-11,13-14H2,1H3. The molecule has 4 rings (SSSR count). The van der Waals surface area contributed by atoms with E-state index in [1.54, 1.807) is 0 Å². The van der Waals surface area contributed by atoms with Crippen LogP contribution in [0.3, 0.4) is 0 Å². The molecule has 2 atom stereocenters. The monoisotopic (exact) mass is 536 g/mol. The molecule has 1 fully saturated rings. The first-order chi connectivity index (χ1) is 14.6. The summed E-state index contributed by atoms with van der Waals surface area (Å²) in [6.07, 6.45) is 1.06. The van der Waals surface area contributed by atoms with E-state index in [0.29, 0.717) is 32.7 Å². The average Bonchev–Trinajstić information content (AvgIpc) is 3.23. The summed E-state index contributed by atoms with van der Waals surface area (Å²) >= 11 is 2.10. The third-order valence-corrected chi connectivity index (χ3v) is 8.16. The van der Waals surface area contributed by atoms with Gasteiger partial charge in [0, 0.05) is 37.7 Å². The number of nitrogens with zero attached hydrogens (tertiary/aromatic N) is 1. The van der Waals surface area contributed by atoms with Gasteiger partial charge in [-0.2, -0.15) is 0 Å². The zero-order valence-electron chi connectivity index (χ0n) is 16.9. The van der Waals surface area contributed by atoms with Gasteiger partial charge in [0.25, 0.3) is 0 Å². The van der Waals surface area contributed by atoms with Gasteiger partial charge < -0.3 is 10.1 Å². The van der Waals surface area contributed by atoms with Crippen LogP contribution < -0.4 is 5.32 Å². The predicted octanol–water partition coefficient (Wildman–Crippen LogP) is 4.85. The molecule has 0 spiro atoms. The molecule has 2 unspecified atom stereocenters. The zero-order valence-corrected chi connectivity index (χ0v) is 19.9. The lowest BCUT2D eigenvalue weighted by Crippen LogP contribution is -2.32. The number of benzene rings is 2. The molecule has 5 nitrogen and oxygen atoms in total. The molecule has 7 heteroatoms. The Labute approximate surface area is 193 Å². The highest BCUT2D eigenvalue weighted by molar-refractivity contribution is 14.2. The number of likely N-dealkylation sites (tertiary alicyclic amines) is 1. The fourth-order valence-corrected chi connectivity index (χ4v) is 5.86. The second kappa shape index (κ2) is 9.70. The van der Waals surface area contributed by atoms with E-state index < -0.39 is 0 Å². The molecule has 30 heavy (non-hydrogen) atoms. The zero-order chi connectivity index (χ0) is 21.1. The lowest BCUT2D eigenvalue weighted by atomic mass is 9.97. The van der Waals surface area contributed by atoms with Crippen LogP contribution in [0.4, 0.5) is 5.69 Å². The second-order valence-corrected chi connectivity index (χ2v) is 9.82. The summed E-state index contributed by atoms with van der Waals surface area (Å²) in [6, 6.07) is 15.0. The number of carbonyl (C=O) groups excluding carboxylic acids is 2. The summed E-state index contributed by atoms with van der Waals surface area (Å²) < 4.78 is 5.77. The van der Waals surface area contributed by atoms with E-state index in [1.165, 1.54) is 36.1 Å². The second-order valence-electron chi connectivity index (χ2n) is 7.55. The molecule has 158 valence electrons. The van der Waals surface area contributed by atoms with E-state index in [1.807, 2.05) is 6.92 Å². The average molecular weight is 536 g/mol. The molecule has 1 aliphatic heterocycles. The summed E-state index contributed by atoms with van der Waals surface area (Å²) in [6.45, 7) is 4.59. The van der Waals surface area contributed by atoms with Crippen molar-refractivity contribution in [1.82, 2.24) is 4.90 Å². The van der Waals surface area contributed by atoms with E-state index in [-0.39, 0.29) is 23.0 Å². The van der Waals surface area contributed by atoms with Gasteiger partial charge in [-0.25, -0.2) is 0 Å². The van der Waals surface area contributed by atoms with Crippen LogP contribution in [0.1, 0.15) is 36.8 Å². The van der Waals surface area contributed by atoms with Crippen molar-refractivity contribution in [2.24, 2.45) is 0 Å². The number of carbonyl (C=O) groups is 2. The summed E-state index contributed by atoms with van der Waals surface area (Å²) in [4.78, 5) is 25.7. The molecule has 0 radical (unpaired) electrons. The van der Waals surface area contributed by atoms with Crippen LogP contribution in [0.5, 0.6) is 0 Å². The van der Waals surface area contributed by atoms with Gasteiger partial charge in [0.2, 0.25) is 11.8 Å². The van der Waals surface area contributed by atoms with E-state index in [4.69, 9.17) is 4.74 Å². The maximum Gasteiger partial charge on any atom is 0.243 e. The minimum atomic E-state index is -0.216. The van der Waals surface area contributed by atoms with Crippen molar-refractivity contribution in [2.45, 2.75) is 30.9 Å². The van der Waals surface area contributed by atoms with Crippen molar-refractivity contribution in [3.8, 4) is 11.1 Å².